The highest BCUT2D eigenvalue weighted by Crippen LogP contribution is 1.73. The maximum Gasteiger partial charge on any atom is 0.332 e. The van der Waals surface area contributed by atoms with Crippen LogP contribution in [0.15, 0.2) is 0 Å². The fraction of sp³-hybridized carbons (Fsp3) is 0.667. The van der Waals surface area contributed by atoms with Gasteiger partial charge in [0.15, 0.2) is 0 Å². The molecule has 0 aromatic carbocycles. The van der Waals surface area contributed by atoms with Crippen molar-refractivity contribution in [3.8, 4) is 0 Å². The zero-order valence-corrected chi connectivity index (χ0v) is 7.34. The van der Waals surface area contributed by atoms with Gasteiger partial charge in [0.2, 0.25) is 0 Å². The Morgan fingerprint density at radius 3 is 1.00 bits per heavy atom. The van der Waals surface area contributed by atoms with Crippen LogP contribution in [-0.2, 0) is 9.59 Å². The van der Waals surface area contributed by atoms with Gasteiger partial charge >= 0.3 is 11.9 Å². The Kier molecular flexibility index (Phi) is 12.4. The summed E-state index contributed by atoms with van der Waals surface area (Å²) in [5.74, 6) is -2.37. The van der Waals surface area contributed by atoms with Crippen molar-refractivity contribution in [1.82, 2.24) is 0 Å². The first-order valence-corrected chi connectivity index (χ1v) is 3.10. The lowest BCUT2D eigenvalue weighted by atomic mass is 10.4. The molecule has 0 spiro atoms. The first kappa shape index (κ1) is 17.9. The van der Waals surface area contributed by atoms with E-state index < -0.39 is 24.1 Å². The van der Waals surface area contributed by atoms with Crippen LogP contribution in [0.5, 0.6) is 0 Å². The van der Waals surface area contributed by atoms with Gasteiger partial charge in [0.1, 0.15) is 12.2 Å². The van der Waals surface area contributed by atoms with Gasteiger partial charge in [-0.25, -0.2) is 9.59 Å². The molecule has 0 aromatic rings. The van der Waals surface area contributed by atoms with Gasteiger partial charge < -0.3 is 20.4 Å². The topological polar surface area (TPSA) is 115 Å². The molecule has 2 unspecified atom stereocenters. The molecule has 0 rings (SSSR count). The van der Waals surface area contributed by atoms with E-state index in [1.807, 2.05) is 0 Å². The van der Waals surface area contributed by atoms with Crippen LogP contribution in [-0.4, -0.2) is 53.0 Å². The van der Waals surface area contributed by atoms with Crippen LogP contribution in [0.25, 0.3) is 0 Å². The second kappa shape index (κ2) is 9.02. The van der Waals surface area contributed by atoms with E-state index in [2.05, 4.69) is 0 Å². The molecule has 0 aliphatic carbocycles. The predicted molar refractivity (Wildman–Crippen MR) is 44.4 cm³/mol. The summed E-state index contributed by atoms with van der Waals surface area (Å²) < 4.78 is 0. The van der Waals surface area contributed by atoms with Crippen molar-refractivity contribution in [2.45, 2.75) is 26.1 Å². The third-order valence-electron chi connectivity index (χ3n) is 0.715. The van der Waals surface area contributed by atoms with E-state index in [1.54, 1.807) is 0 Å². The molecule has 0 fully saturated rings. The molecule has 0 aromatic heterocycles. The molecule has 0 heterocycles. The Balaban J connectivity index is -0.000000143. The highest BCUT2D eigenvalue weighted by atomic mass is 16.4. The number of carbonyl (C=O) groups is 2. The molecule has 0 aliphatic heterocycles. The number of hydrogen-bond acceptors (Lipinski definition) is 4. The monoisotopic (exact) mass is 191 g/mol. The average Bonchev–Trinajstić information content (AvgIpc) is 1.88. The third kappa shape index (κ3) is 18.1. The molecule has 7 heteroatoms. The molecule has 6 nitrogen and oxygen atoms in total. The predicted octanol–water partition coefficient (Wildman–Crippen LogP) is -1.48. The van der Waals surface area contributed by atoms with Crippen molar-refractivity contribution in [2.24, 2.45) is 0 Å². The summed E-state index contributed by atoms with van der Waals surface area (Å²) in [5, 5.41) is 31.5. The summed E-state index contributed by atoms with van der Waals surface area (Å²) in [6, 6.07) is 0. The quantitative estimate of drug-likeness (QED) is 0.395. The van der Waals surface area contributed by atoms with Crippen LogP contribution in [0.4, 0.5) is 0 Å². The highest BCUT2D eigenvalue weighted by Gasteiger charge is 2.01. The number of carboxylic acids is 2. The summed E-state index contributed by atoms with van der Waals surface area (Å²) in [7, 11) is 0. The maximum atomic E-state index is 9.45. The smallest absolute Gasteiger partial charge is 0.332 e. The van der Waals surface area contributed by atoms with E-state index in [0.717, 1.165) is 0 Å². The third-order valence-corrected chi connectivity index (χ3v) is 0.715. The summed E-state index contributed by atoms with van der Waals surface area (Å²) >= 11 is 0. The molecule has 0 bridgehead atoms. The van der Waals surface area contributed by atoms with Crippen LogP contribution >= 0.6 is 0 Å². The molecular weight excluding hydrogens is 179 g/mol. The van der Waals surface area contributed by atoms with Crippen LogP contribution < -0.4 is 0 Å². The van der Waals surface area contributed by atoms with Crippen molar-refractivity contribution < 1.29 is 30.0 Å². The fourth-order valence-corrected chi connectivity index (χ4v) is 0. The van der Waals surface area contributed by atoms with Gasteiger partial charge in [0, 0.05) is 8.41 Å². The van der Waals surface area contributed by atoms with Crippen molar-refractivity contribution >= 4 is 20.4 Å². The lowest BCUT2D eigenvalue weighted by Crippen LogP contribution is -2.13. The SMILES string of the molecule is CC(O)C(=O)O.CC(O)C(=O)O.[B]. The minimum atomic E-state index is -1.23. The van der Waals surface area contributed by atoms with Crippen molar-refractivity contribution in [3.05, 3.63) is 0 Å². The minimum absolute atomic E-state index is 0. The first-order chi connectivity index (χ1) is 5.29. The molecule has 4 N–H and O–H groups in total. The highest BCUT2D eigenvalue weighted by molar-refractivity contribution is 5.75. The van der Waals surface area contributed by atoms with Gasteiger partial charge in [-0.3, -0.25) is 0 Å². The van der Waals surface area contributed by atoms with Crippen LogP contribution in [0, 0.1) is 0 Å². The molecule has 0 saturated heterocycles. The molecule has 13 heavy (non-hydrogen) atoms. The molecular formula is C6H12BO6. The standard InChI is InChI=1S/2C3H6O3.B/c2*1-2(4)3(5)6;/h2*2,4H,1H3,(H,5,6);. The molecule has 3 radical (unpaired) electrons. The van der Waals surface area contributed by atoms with Crippen molar-refractivity contribution in [3.63, 3.8) is 0 Å². The van der Waals surface area contributed by atoms with Gasteiger partial charge in [-0.2, -0.15) is 0 Å². The lowest BCUT2D eigenvalue weighted by molar-refractivity contribution is -0.146. The van der Waals surface area contributed by atoms with Crippen LogP contribution in [0.3, 0.4) is 0 Å². The molecule has 0 aliphatic rings. The lowest BCUT2D eigenvalue weighted by Gasteiger charge is -1.89. The van der Waals surface area contributed by atoms with Gasteiger partial charge in [-0.1, -0.05) is 0 Å². The Morgan fingerprint density at radius 1 is 0.923 bits per heavy atom. The summed E-state index contributed by atoms with van der Waals surface area (Å²) in [5.41, 5.74) is 0. The van der Waals surface area contributed by atoms with Gasteiger partial charge in [0.25, 0.3) is 0 Å². The second-order valence-corrected chi connectivity index (χ2v) is 2.03. The fourth-order valence-electron chi connectivity index (χ4n) is 0. The van der Waals surface area contributed by atoms with E-state index in [4.69, 9.17) is 20.4 Å². The van der Waals surface area contributed by atoms with E-state index in [9.17, 15) is 9.59 Å². The number of aliphatic hydroxyl groups excluding tert-OH is 2. The van der Waals surface area contributed by atoms with Gasteiger partial charge in [-0.15, -0.1) is 0 Å². The Hall–Kier alpha value is -1.08. The largest absolute Gasteiger partial charge is 0.479 e. The summed E-state index contributed by atoms with van der Waals surface area (Å²) in [6.45, 7) is 2.39. The van der Waals surface area contributed by atoms with E-state index in [-0.39, 0.29) is 8.41 Å². The number of rotatable bonds is 2. The van der Waals surface area contributed by atoms with E-state index in [1.165, 1.54) is 13.8 Å². The Morgan fingerprint density at radius 2 is 1.00 bits per heavy atom. The summed E-state index contributed by atoms with van der Waals surface area (Å²) in [4.78, 5) is 18.9. The Bertz CT molecular complexity index is 137. The Labute approximate surface area is 77.4 Å². The molecule has 75 valence electrons. The van der Waals surface area contributed by atoms with Gasteiger partial charge in [0.05, 0.1) is 0 Å². The zero-order valence-electron chi connectivity index (χ0n) is 7.34. The average molecular weight is 191 g/mol. The second-order valence-electron chi connectivity index (χ2n) is 2.03. The molecule has 0 amide bonds. The molecule has 0 saturated carbocycles. The number of aliphatic hydroxyl groups is 2. The van der Waals surface area contributed by atoms with Crippen molar-refractivity contribution in [1.29, 1.82) is 0 Å². The molecule has 2 atom stereocenters. The van der Waals surface area contributed by atoms with Crippen LogP contribution in [0.2, 0.25) is 0 Å². The minimum Gasteiger partial charge on any atom is -0.479 e. The maximum absolute atomic E-state index is 9.45. The number of carboxylic acid groups (broad SMARTS) is 2. The normalized spacial score (nSPS) is 12.6. The van der Waals surface area contributed by atoms with Gasteiger partial charge in [-0.05, 0) is 13.8 Å². The summed E-state index contributed by atoms with van der Waals surface area (Å²) in [6.07, 6.45) is -2.46. The number of hydrogen-bond donors (Lipinski definition) is 4. The van der Waals surface area contributed by atoms with E-state index in [0.29, 0.717) is 0 Å². The van der Waals surface area contributed by atoms with Crippen LogP contribution in [0.1, 0.15) is 13.8 Å². The first-order valence-electron chi connectivity index (χ1n) is 3.10. The zero-order chi connectivity index (χ0) is 10.3. The van der Waals surface area contributed by atoms with Crippen molar-refractivity contribution in [2.75, 3.05) is 0 Å². The number of aliphatic carboxylic acids is 2. The van der Waals surface area contributed by atoms with E-state index >= 15 is 0 Å².